The summed E-state index contributed by atoms with van der Waals surface area (Å²) in [4.78, 5) is 12.3. The van der Waals surface area contributed by atoms with Crippen LogP contribution in [0.25, 0.3) is 6.08 Å². The number of rotatable bonds is 5. The number of benzene rings is 3. The Labute approximate surface area is 170 Å². The molecule has 1 amide bonds. The molecule has 0 saturated carbocycles. The summed E-state index contributed by atoms with van der Waals surface area (Å²) in [6.45, 7) is 4.19. The maximum atomic E-state index is 12.3. The lowest BCUT2D eigenvalue weighted by atomic mass is 9.99. The number of nitrogens with zero attached hydrogens (tertiary/aromatic N) is 1. The van der Waals surface area contributed by atoms with Crippen LogP contribution in [0.3, 0.4) is 0 Å². The SMILES string of the molecule is Cc1cc(C)cc(Cc2ccc(/C=C(\C#N)C(=O)Nc3ccc(O)cc3)cc2)c1. The molecule has 144 valence electrons. The number of aromatic hydroxyl groups is 1. The second-order valence-electron chi connectivity index (χ2n) is 7.09. The maximum absolute atomic E-state index is 12.3. The molecule has 0 saturated heterocycles. The lowest BCUT2D eigenvalue weighted by Gasteiger charge is -2.07. The molecule has 29 heavy (non-hydrogen) atoms. The minimum atomic E-state index is -0.488. The molecule has 3 aromatic carbocycles. The molecule has 3 rings (SSSR count). The van der Waals surface area contributed by atoms with Crippen LogP contribution in [0, 0.1) is 25.2 Å². The van der Waals surface area contributed by atoms with Crippen molar-refractivity contribution in [2.24, 2.45) is 0 Å². The minimum absolute atomic E-state index is 0.0140. The maximum Gasteiger partial charge on any atom is 0.266 e. The van der Waals surface area contributed by atoms with Crippen LogP contribution in [0.2, 0.25) is 0 Å². The number of carbonyl (C=O) groups is 1. The molecule has 2 N–H and O–H groups in total. The summed E-state index contributed by atoms with van der Waals surface area (Å²) >= 11 is 0. The van der Waals surface area contributed by atoms with Gasteiger partial charge < -0.3 is 10.4 Å². The first-order valence-electron chi connectivity index (χ1n) is 9.31. The van der Waals surface area contributed by atoms with Crippen LogP contribution >= 0.6 is 0 Å². The summed E-state index contributed by atoms with van der Waals surface area (Å²) < 4.78 is 0. The number of hydrogen-bond donors (Lipinski definition) is 2. The van der Waals surface area contributed by atoms with Gasteiger partial charge >= 0.3 is 0 Å². The summed E-state index contributed by atoms with van der Waals surface area (Å²) in [6, 6.07) is 22.4. The Morgan fingerprint density at radius 1 is 0.966 bits per heavy atom. The van der Waals surface area contributed by atoms with Crippen molar-refractivity contribution in [2.45, 2.75) is 20.3 Å². The van der Waals surface area contributed by atoms with Crippen LogP contribution < -0.4 is 5.32 Å². The monoisotopic (exact) mass is 382 g/mol. The fourth-order valence-electron chi connectivity index (χ4n) is 3.20. The number of amides is 1. The van der Waals surface area contributed by atoms with Gasteiger partial charge in [0.15, 0.2) is 0 Å². The minimum Gasteiger partial charge on any atom is -0.508 e. The average Bonchev–Trinajstić information content (AvgIpc) is 2.68. The van der Waals surface area contributed by atoms with E-state index < -0.39 is 5.91 Å². The molecule has 0 heterocycles. The first kappa shape index (κ1) is 19.9. The van der Waals surface area contributed by atoms with Crippen molar-refractivity contribution in [2.75, 3.05) is 5.32 Å². The van der Waals surface area contributed by atoms with E-state index in [-0.39, 0.29) is 11.3 Å². The molecule has 0 aliphatic rings. The van der Waals surface area contributed by atoms with E-state index in [1.54, 1.807) is 18.2 Å². The Kier molecular flexibility index (Phi) is 6.11. The van der Waals surface area contributed by atoms with Crippen molar-refractivity contribution < 1.29 is 9.90 Å². The van der Waals surface area contributed by atoms with Crippen LogP contribution in [0.1, 0.15) is 27.8 Å². The molecular weight excluding hydrogens is 360 g/mol. The summed E-state index contributed by atoms with van der Waals surface area (Å²) in [6.07, 6.45) is 2.40. The zero-order chi connectivity index (χ0) is 20.8. The summed E-state index contributed by atoms with van der Waals surface area (Å²) in [7, 11) is 0. The molecular formula is C25H22N2O2. The molecule has 0 unspecified atom stereocenters. The van der Waals surface area contributed by atoms with E-state index in [0.29, 0.717) is 5.69 Å². The second-order valence-corrected chi connectivity index (χ2v) is 7.09. The van der Waals surface area contributed by atoms with Gasteiger partial charge in [0.05, 0.1) is 0 Å². The van der Waals surface area contributed by atoms with Gasteiger partial charge in [-0.05, 0) is 67.3 Å². The summed E-state index contributed by atoms with van der Waals surface area (Å²) in [5, 5.41) is 21.3. The van der Waals surface area contributed by atoms with E-state index in [1.807, 2.05) is 30.3 Å². The van der Waals surface area contributed by atoms with E-state index in [2.05, 4.69) is 37.4 Å². The molecule has 0 aromatic heterocycles. The summed E-state index contributed by atoms with van der Waals surface area (Å²) in [5.41, 5.74) is 6.23. The van der Waals surface area contributed by atoms with Crippen LogP contribution in [-0.4, -0.2) is 11.0 Å². The molecule has 0 aliphatic carbocycles. The highest BCUT2D eigenvalue weighted by Crippen LogP contribution is 2.17. The predicted molar refractivity (Wildman–Crippen MR) is 115 cm³/mol. The fourth-order valence-corrected chi connectivity index (χ4v) is 3.20. The lowest BCUT2D eigenvalue weighted by Crippen LogP contribution is -2.13. The molecule has 0 radical (unpaired) electrons. The summed E-state index contributed by atoms with van der Waals surface area (Å²) in [5.74, 6) is -0.377. The highest BCUT2D eigenvalue weighted by Gasteiger charge is 2.09. The number of anilines is 1. The Bertz CT molecular complexity index is 1070. The number of hydrogen-bond acceptors (Lipinski definition) is 3. The van der Waals surface area contributed by atoms with Gasteiger partial charge in [0.2, 0.25) is 0 Å². The zero-order valence-electron chi connectivity index (χ0n) is 16.4. The Balaban J connectivity index is 1.71. The van der Waals surface area contributed by atoms with Crippen molar-refractivity contribution in [3.8, 4) is 11.8 Å². The molecule has 0 spiro atoms. The number of aryl methyl sites for hydroxylation is 2. The van der Waals surface area contributed by atoms with Crippen molar-refractivity contribution in [3.05, 3.63) is 100 Å². The third kappa shape index (κ3) is 5.57. The van der Waals surface area contributed by atoms with E-state index in [0.717, 1.165) is 12.0 Å². The lowest BCUT2D eigenvalue weighted by molar-refractivity contribution is -0.112. The second kappa shape index (κ2) is 8.90. The molecule has 4 heteroatoms. The molecule has 3 aromatic rings. The van der Waals surface area contributed by atoms with E-state index in [9.17, 15) is 15.2 Å². The van der Waals surface area contributed by atoms with Crippen molar-refractivity contribution >= 4 is 17.7 Å². The van der Waals surface area contributed by atoms with Gasteiger partial charge in [0, 0.05) is 5.69 Å². The molecule has 4 nitrogen and oxygen atoms in total. The quantitative estimate of drug-likeness (QED) is 0.364. The van der Waals surface area contributed by atoms with E-state index in [4.69, 9.17) is 0 Å². The van der Waals surface area contributed by atoms with Crippen LogP contribution in [-0.2, 0) is 11.2 Å². The van der Waals surface area contributed by atoms with Gasteiger partial charge in [-0.3, -0.25) is 4.79 Å². The van der Waals surface area contributed by atoms with Crippen molar-refractivity contribution in [3.63, 3.8) is 0 Å². The standard InChI is InChI=1S/C25H22N2O2/c1-17-11-18(2)13-21(12-17)14-19-3-5-20(6-4-19)15-22(16-26)25(29)27-23-7-9-24(28)10-8-23/h3-13,15,28H,14H2,1-2H3,(H,27,29)/b22-15+. The Morgan fingerprint density at radius 2 is 1.59 bits per heavy atom. The van der Waals surface area contributed by atoms with E-state index >= 15 is 0 Å². The number of phenols is 1. The van der Waals surface area contributed by atoms with Crippen LogP contribution in [0.5, 0.6) is 5.75 Å². The molecule has 0 atom stereocenters. The first-order chi connectivity index (χ1) is 13.9. The van der Waals surface area contributed by atoms with Gasteiger partial charge in [-0.1, -0.05) is 53.6 Å². The van der Waals surface area contributed by atoms with Crippen LogP contribution in [0.15, 0.2) is 72.3 Å². The Hall–Kier alpha value is -3.84. The number of nitriles is 1. The van der Waals surface area contributed by atoms with Crippen molar-refractivity contribution in [1.29, 1.82) is 5.26 Å². The van der Waals surface area contributed by atoms with Gasteiger partial charge in [0.25, 0.3) is 5.91 Å². The van der Waals surface area contributed by atoms with Gasteiger partial charge in [-0.2, -0.15) is 5.26 Å². The normalized spacial score (nSPS) is 11.0. The zero-order valence-corrected chi connectivity index (χ0v) is 16.4. The number of carbonyl (C=O) groups excluding carboxylic acids is 1. The highest BCUT2D eigenvalue weighted by molar-refractivity contribution is 6.09. The Morgan fingerprint density at radius 3 is 2.17 bits per heavy atom. The third-order valence-electron chi connectivity index (χ3n) is 4.47. The number of phenolic OH excluding ortho intramolecular Hbond substituents is 1. The van der Waals surface area contributed by atoms with Gasteiger partial charge in [-0.15, -0.1) is 0 Å². The van der Waals surface area contributed by atoms with Gasteiger partial charge in [-0.25, -0.2) is 0 Å². The van der Waals surface area contributed by atoms with Gasteiger partial charge in [0.1, 0.15) is 17.4 Å². The van der Waals surface area contributed by atoms with E-state index in [1.165, 1.54) is 34.4 Å². The first-order valence-corrected chi connectivity index (χ1v) is 9.31. The molecule has 0 aliphatic heterocycles. The highest BCUT2D eigenvalue weighted by atomic mass is 16.3. The third-order valence-corrected chi connectivity index (χ3v) is 4.47. The van der Waals surface area contributed by atoms with Crippen LogP contribution in [0.4, 0.5) is 5.69 Å². The fraction of sp³-hybridized carbons (Fsp3) is 0.120. The smallest absolute Gasteiger partial charge is 0.266 e. The molecule has 0 fully saturated rings. The largest absolute Gasteiger partial charge is 0.508 e. The number of nitrogens with one attached hydrogen (secondary N) is 1. The average molecular weight is 382 g/mol. The predicted octanol–water partition coefficient (Wildman–Crippen LogP) is 5.15. The molecule has 0 bridgehead atoms. The van der Waals surface area contributed by atoms with Crippen molar-refractivity contribution in [1.82, 2.24) is 0 Å². The topological polar surface area (TPSA) is 73.1 Å².